The van der Waals surface area contributed by atoms with Crippen molar-refractivity contribution >= 4 is 27.6 Å². The molecule has 1 aliphatic heterocycles. The van der Waals surface area contributed by atoms with Crippen molar-refractivity contribution in [2.24, 2.45) is 0 Å². The van der Waals surface area contributed by atoms with E-state index in [0.717, 1.165) is 11.4 Å². The fourth-order valence-electron chi connectivity index (χ4n) is 3.01. The Kier molecular flexibility index (Phi) is 4.41. The fourth-order valence-corrected chi connectivity index (χ4v) is 3.39. The molecule has 1 fully saturated rings. The van der Waals surface area contributed by atoms with E-state index in [2.05, 4.69) is 31.0 Å². The average molecular weight is 420 g/mol. The zero-order chi connectivity index (χ0) is 18.3. The van der Waals surface area contributed by atoms with E-state index in [1.807, 2.05) is 13.0 Å². The van der Waals surface area contributed by atoms with Crippen molar-refractivity contribution in [2.45, 2.75) is 13.0 Å². The van der Waals surface area contributed by atoms with Gasteiger partial charge in [-0.3, -0.25) is 4.79 Å². The van der Waals surface area contributed by atoms with Crippen molar-refractivity contribution in [2.75, 3.05) is 19.7 Å². The van der Waals surface area contributed by atoms with Gasteiger partial charge in [-0.15, -0.1) is 0 Å². The maximum atomic E-state index is 13.4. The van der Waals surface area contributed by atoms with E-state index in [1.165, 1.54) is 24.5 Å². The Hall–Kier alpha value is -2.39. The van der Waals surface area contributed by atoms with Crippen molar-refractivity contribution < 1.29 is 13.9 Å². The molecule has 1 saturated heterocycles. The third kappa shape index (κ3) is 3.08. The molecule has 26 heavy (non-hydrogen) atoms. The Labute approximate surface area is 156 Å². The smallest absolute Gasteiger partial charge is 0.254 e. The first kappa shape index (κ1) is 17.0. The second kappa shape index (κ2) is 6.73. The molecule has 0 unspecified atom stereocenters. The third-order valence-electron chi connectivity index (χ3n) is 4.26. The Bertz CT molecular complexity index is 992. The molecule has 1 aromatic carbocycles. The minimum absolute atomic E-state index is 0.167. The highest BCUT2D eigenvalue weighted by Crippen LogP contribution is 2.25. The summed E-state index contributed by atoms with van der Waals surface area (Å²) in [6.45, 7) is 3.11. The van der Waals surface area contributed by atoms with Crippen LogP contribution in [0.25, 0.3) is 5.78 Å². The van der Waals surface area contributed by atoms with Gasteiger partial charge in [0.05, 0.1) is 23.3 Å². The van der Waals surface area contributed by atoms with Crippen molar-refractivity contribution in [3.8, 4) is 0 Å². The summed E-state index contributed by atoms with van der Waals surface area (Å²) in [7, 11) is 0. The average Bonchev–Trinajstić information content (AvgIpc) is 3.11. The predicted molar refractivity (Wildman–Crippen MR) is 94.2 cm³/mol. The first-order chi connectivity index (χ1) is 12.5. The summed E-state index contributed by atoms with van der Waals surface area (Å²) in [5.41, 5.74) is 2.02. The van der Waals surface area contributed by atoms with Gasteiger partial charge in [0, 0.05) is 17.8 Å². The van der Waals surface area contributed by atoms with E-state index in [-0.39, 0.29) is 16.5 Å². The monoisotopic (exact) mass is 419 g/mol. The third-order valence-corrected chi connectivity index (χ3v) is 4.87. The number of halogens is 2. The number of hydrogen-bond donors (Lipinski definition) is 0. The molecule has 4 rings (SSSR count). The summed E-state index contributed by atoms with van der Waals surface area (Å²) in [4.78, 5) is 22.9. The molecule has 0 spiro atoms. The SMILES string of the molecule is Cc1cc([C@@H]2CN(C(=O)c3ccc(F)c(Br)c3)CCO2)n2ncnc2n1. The van der Waals surface area contributed by atoms with Crippen LogP contribution >= 0.6 is 15.9 Å². The molecule has 1 atom stereocenters. The summed E-state index contributed by atoms with van der Waals surface area (Å²) in [6, 6.07) is 6.14. The van der Waals surface area contributed by atoms with Gasteiger partial charge < -0.3 is 9.64 Å². The molecule has 0 aliphatic carbocycles. The predicted octanol–water partition coefficient (Wildman–Crippen LogP) is 2.55. The molecule has 0 radical (unpaired) electrons. The number of carbonyl (C=O) groups excluding carboxylic acids is 1. The molecule has 3 heterocycles. The number of fused-ring (bicyclic) bond motifs is 1. The quantitative estimate of drug-likeness (QED) is 0.637. The number of ether oxygens (including phenoxy) is 1. The second-order valence-electron chi connectivity index (χ2n) is 6.03. The maximum absolute atomic E-state index is 13.4. The lowest BCUT2D eigenvalue weighted by Gasteiger charge is -2.33. The Morgan fingerprint density at radius 3 is 3.04 bits per heavy atom. The van der Waals surface area contributed by atoms with Gasteiger partial charge in [-0.2, -0.15) is 14.6 Å². The summed E-state index contributed by atoms with van der Waals surface area (Å²) < 4.78 is 21.2. The van der Waals surface area contributed by atoms with Crippen LogP contribution in [-0.2, 0) is 4.74 Å². The van der Waals surface area contributed by atoms with Crippen molar-refractivity contribution in [3.63, 3.8) is 0 Å². The van der Waals surface area contributed by atoms with E-state index in [4.69, 9.17) is 4.74 Å². The number of aryl methyl sites for hydroxylation is 1. The molecule has 7 nitrogen and oxygen atoms in total. The van der Waals surface area contributed by atoms with Gasteiger partial charge in [0.15, 0.2) is 0 Å². The zero-order valence-corrected chi connectivity index (χ0v) is 15.5. The standard InChI is InChI=1S/C17H15BrFN5O2/c1-10-6-14(24-17(22-10)20-9-21-24)15-8-23(4-5-26-15)16(25)11-2-3-13(19)12(18)7-11/h2-3,6-7,9,15H,4-5,8H2,1H3/t15-/m0/s1. The molecule has 1 aliphatic rings. The van der Waals surface area contributed by atoms with Crippen LogP contribution in [0.5, 0.6) is 0 Å². The number of aromatic nitrogens is 4. The lowest BCUT2D eigenvalue weighted by atomic mass is 10.1. The largest absolute Gasteiger partial charge is 0.368 e. The van der Waals surface area contributed by atoms with E-state index >= 15 is 0 Å². The Morgan fingerprint density at radius 2 is 2.23 bits per heavy atom. The van der Waals surface area contributed by atoms with Crippen LogP contribution in [0, 0.1) is 12.7 Å². The highest BCUT2D eigenvalue weighted by molar-refractivity contribution is 9.10. The van der Waals surface area contributed by atoms with Gasteiger partial charge in [0.1, 0.15) is 18.2 Å². The van der Waals surface area contributed by atoms with Gasteiger partial charge in [-0.05, 0) is 47.1 Å². The van der Waals surface area contributed by atoms with Crippen LogP contribution in [-0.4, -0.2) is 50.1 Å². The van der Waals surface area contributed by atoms with E-state index in [0.29, 0.717) is 31.0 Å². The molecule has 134 valence electrons. The second-order valence-corrected chi connectivity index (χ2v) is 6.89. The number of hydrogen-bond acceptors (Lipinski definition) is 5. The van der Waals surface area contributed by atoms with Crippen LogP contribution in [0.1, 0.15) is 27.8 Å². The normalized spacial score (nSPS) is 17.7. The van der Waals surface area contributed by atoms with Gasteiger partial charge in [-0.1, -0.05) is 0 Å². The first-order valence-corrected chi connectivity index (χ1v) is 8.85. The molecule has 0 saturated carbocycles. The van der Waals surface area contributed by atoms with Crippen molar-refractivity contribution in [1.29, 1.82) is 0 Å². The number of benzene rings is 1. The minimum atomic E-state index is -0.401. The lowest BCUT2D eigenvalue weighted by molar-refractivity contribution is -0.0257. The van der Waals surface area contributed by atoms with Crippen LogP contribution in [0.4, 0.5) is 4.39 Å². The van der Waals surface area contributed by atoms with Crippen molar-refractivity contribution in [1.82, 2.24) is 24.5 Å². The zero-order valence-electron chi connectivity index (χ0n) is 13.9. The molecule has 9 heteroatoms. The lowest BCUT2D eigenvalue weighted by Crippen LogP contribution is -2.42. The molecular weight excluding hydrogens is 405 g/mol. The van der Waals surface area contributed by atoms with Gasteiger partial charge in [-0.25, -0.2) is 9.37 Å². The highest BCUT2D eigenvalue weighted by Gasteiger charge is 2.28. The van der Waals surface area contributed by atoms with Crippen LogP contribution in [0.2, 0.25) is 0 Å². The van der Waals surface area contributed by atoms with Crippen LogP contribution in [0.15, 0.2) is 35.1 Å². The Balaban J connectivity index is 1.62. The number of amides is 1. The summed E-state index contributed by atoms with van der Waals surface area (Å²) in [5, 5.41) is 4.20. The van der Waals surface area contributed by atoms with Crippen molar-refractivity contribution in [3.05, 3.63) is 57.8 Å². The summed E-state index contributed by atoms with van der Waals surface area (Å²) in [5.74, 6) is -0.0728. The maximum Gasteiger partial charge on any atom is 0.254 e. The number of nitrogens with zero attached hydrogens (tertiary/aromatic N) is 5. The van der Waals surface area contributed by atoms with Gasteiger partial charge >= 0.3 is 0 Å². The molecule has 0 N–H and O–H groups in total. The molecule has 2 aromatic heterocycles. The molecule has 3 aromatic rings. The minimum Gasteiger partial charge on any atom is -0.368 e. The van der Waals surface area contributed by atoms with Gasteiger partial charge in [0.25, 0.3) is 11.7 Å². The molecule has 0 bridgehead atoms. The highest BCUT2D eigenvalue weighted by atomic mass is 79.9. The molecule has 1 amide bonds. The Morgan fingerprint density at radius 1 is 1.38 bits per heavy atom. The first-order valence-electron chi connectivity index (χ1n) is 8.06. The van der Waals surface area contributed by atoms with E-state index < -0.39 is 5.82 Å². The number of morpholine rings is 1. The topological polar surface area (TPSA) is 72.6 Å². The molecular formula is C17H15BrFN5O2. The summed E-state index contributed by atoms with van der Waals surface area (Å²) >= 11 is 3.12. The number of carbonyl (C=O) groups is 1. The summed E-state index contributed by atoms with van der Waals surface area (Å²) in [6.07, 6.45) is 1.09. The fraction of sp³-hybridized carbons (Fsp3) is 0.294. The van der Waals surface area contributed by atoms with Crippen LogP contribution < -0.4 is 0 Å². The number of rotatable bonds is 2. The van der Waals surface area contributed by atoms with Crippen LogP contribution in [0.3, 0.4) is 0 Å². The van der Waals surface area contributed by atoms with E-state index in [1.54, 1.807) is 9.42 Å². The van der Waals surface area contributed by atoms with Gasteiger partial charge in [0.2, 0.25) is 0 Å². The van der Waals surface area contributed by atoms with E-state index in [9.17, 15) is 9.18 Å².